The minimum Gasteiger partial charge on any atom is -0.359 e. The average molecular weight is 333 g/mol. The van der Waals surface area contributed by atoms with Crippen LogP contribution in [0.15, 0.2) is 23.1 Å². The van der Waals surface area contributed by atoms with Gasteiger partial charge in [0.25, 0.3) is 0 Å². The van der Waals surface area contributed by atoms with Gasteiger partial charge in [0.1, 0.15) is 0 Å². The van der Waals surface area contributed by atoms with Crippen molar-refractivity contribution in [3.63, 3.8) is 0 Å². The first kappa shape index (κ1) is 16.8. The third kappa shape index (κ3) is 3.42. The molecule has 0 radical (unpaired) electrons. The van der Waals surface area contributed by atoms with Crippen molar-refractivity contribution in [2.75, 3.05) is 27.2 Å². The number of halogens is 2. The summed E-state index contributed by atoms with van der Waals surface area (Å²) >= 11 is 0. The Hall–Kier alpha value is -1.58. The summed E-state index contributed by atoms with van der Waals surface area (Å²) in [7, 11) is -0.805. The van der Waals surface area contributed by atoms with Crippen LogP contribution in [-0.4, -0.2) is 52.5 Å². The number of carbonyl (C=O) groups excluding carboxylic acids is 1. The first-order chi connectivity index (χ1) is 10.2. The summed E-state index contributed by atoms with van der Waals surface area (Å²) in [5.74, 6) is -3.19. The predicted molar refractivity (Wildman–Crippen MR) is 75.5 cm³/mol. The van der Waals surface area contributed by atoms with Crippen molar-refractivity contribution in [3.8, 4) is 0 Å². The molecule has 1 aliphatic rings. The average Bonchev–Trinajstić information content (AvgIpc) is 2.80. The second kappa shape index (κ2) is 6.27. The highest BCUT2D eigenvalue weighted by molar-refractivity contribution is 7.89. The summed E-state index contributed by atoms with van der Waals surface area (Å²) in [6.07, 6.45) is 0. The molecule has 0 aromatic heterocycles. The van der Waals surface area contributed by atoms with Gasteiger partial charge in [-0.15, -0.1) is 0 Å². The van der Waals surface area contributed by atoms with Crippen LogP contribution in [0, 0.1) is 17.6 Å². The van der Waals surface area contributed by atoms with Crippen molar-refractivity contribution in [2.45, 2.75) is 10.9 Å². The van der Waals surface area contributed by atoms with Gasteiger partial charge in [0.05, 0.1) is 10.8 Å². The van der Waals surface area contributed by atoms with E-state index in [-0.39, 0.29) is 10.8 Å². The third-order valence-corrected chi connectivity index (χ3v) is 5.08. The number of rotatable bonds is 4. The van der Waals surface area contributed by atoms with Crippen LogP contribution in [-0.2, 0) is 14.8 Å². The molecule has 122 valence electrons. The largest absolute Gasteiger partial charge is 0.359 e. The molecule has 0 bridgehead atoms. The van der Waals surface area contributed by atoms with E-state index < -0.39 is 33.6 Å². The van der Waals surface area contributed by atoms with Crippen LogP contribution in [0.25, 0.3) is 0 Å². The Kier molecular flexibility index (Phi) is 4.78. The van der Waals surface area contributed by atoms with Crippen LogP contribution in [0.1, 0.15) is 0 Å². The summed E-state index contributed by atoms with van der Waals surface area (Å²) in [6.45, 7) is 0.756. The van der Waals surface area contributed by atoms with E-state index >= 15 is 0 Å². The molecule has 22 heavy (non-hydrogen) atoms. The standard InChI is InChI=1S/C13H17F2N3O3S/c1-16-13(19)9-6-18(2)7-12(9)17-22(20,21)8-3-4-10(14)11(15)5-8/h3-5,9,12,17H,6-7H2,1-2H3,(H,16,19)/t9-,12-/m0/s1. The van der Waals surface area contributed by atoms with Crippen LogP contribution in [0.4, 0.5) is 8.78 Å². The molecule has 0 unspecified atom stereocenters. The third-order valence-electron chi connectivity index (χ3n) is 3.59. The lowest BCUT2D eigenvalue weighted by molar-refractivity contribution is -0.124. The maximum atomic E-state index is 13.2. The zero-order valence-corrected chi connectivity index (χ0v) is 13.0. The molecule has 2 atom stereocenters. The minimum atomic E-state index is -4.04. The maximum absolute atomic E-state index is 13.2. The number of benzene rings is 1. The van der Waals surface area contributed by atoms with Crippen molar-refractivity contribution in [3.05, 3.63) is 29.8 Å². The predicted octanol–water partition coefficient (Wildman–Crippen LogP) is -0.0807. The van der Waals surface area contributed by atoms with Gasteiger partial charge in [-0.1, -0.05) is 0 Å². The van der Waals surface area contributed by atoms with Crippen molar-refractivity contribution in [1.82, 2.24) is 14.9 Å². The molecule has 1 aromatic rings. The molecule has 1 amide bonds. The van der Waals surface area contributed by atoms with E-state index in [4.69, 9.17) is 0 Å². The molecule has 1 heterocycles. The SMILES string of the molecule is CNC(=O)[C@H]1CN(C)C[C@@H]1NS(=O)(=O)c1ccc(F)c(F)c1. The number of sulfonamides is 1. The second-order valence-corrected chi connectivity index (χ2v) is 6.96. The quantitative estimate of drug-likeness (QED) is 0.808. The highest BCUT2D eigenvalue weighted by Gasteiger charge is 2.38. The zero-order chi connectivity index (χ0) is 16.5. The summed E-state index contributed by atoms with van der Waals surface area (Å²) in [5, 5.41) is 2.49. The topological polar surface area (TPSA) is 78.5 Å². The Morgan fingerprint density at radius 3 is 2.55 bits per heavy atom. The number of carbonyl (C=O) groups is 1. The van der Waals surface area contributed by atoms with Gasteiger partial charge >= 0.3 is 0 Å². The lowest BCUT2D eigenvalue weighted by Gasteiger charge is -2.18. The van der Waals surface area contributed by atoms with E-state index in [2.05, 4.69) is 10.0 Å². The lowest BCUT2D eigenvalue weighted by atomic mass is 10.0. The van der Waals surface area contributed by atoms with Crippen LogP contribution in [0.5, 0.6) is 0 Å². The lowest BCUT2D eigenvalue weighted by Crippen LogP contribution is -2.45. The second-order valence-electron chi connectivity index (χ2n) is 5.25. The minimum absolute atomic E-state index is 0.276. The molecular weight excluding hydrogens is 316 g/mol. The van der Waals surface area contributed by atoms with Gasteiger partial charge in [-0.2, -0.15) is 0 Å². The Balaban J connectivity index is 2.23. The van der Waals surface area contributed by atoms with E-state index in [1.807, 2.05) is 4.90 Å². The van der Waals surface area contributed by atoms with E-state index in [9.17, 15) is 22.0 Å². The van der Waals surface area contributed by atoms with Crippen LogP contribution < -0.4 is 10.0 Å². The van der Waals surface area contributed by atoms with E-state index in [0.29, 0.717) is 19.2 Å². The molecule has 9 heteroatoms. The monoisotopic (exact) mass is 333 g/mol. The van der Waals surface area contributed by atoms with E-state index in [1.165, 1.54) is 7.05 Å². The number of nitrogens with one attached hydrogen (secondary N) is 2. The molecule has 2 rings (SSSR count). The van der Waals surface area contributed by atoms with E-state index in [0.717, 1.165) is 12.1 Å². The molecule has 2 N–H and O–H groups in total. The Morgan fingerprint density at radius 2 is 1.95 bits per heavy atom. The molecule has 0 aliphatic carbocycles. The number of likely N-dealkylation sites (tertiary alicyclic amines) is 1. The normalized spacial score (nSPS) is 22.7. The highest BCUT2D eigenvalue weighted by Crippen LogP contribution is 2.20. The number of amides is 1. The summed E-state index contributed by atoms with van der Waals surface area (Å²) in [5.41, 5.74) is 0. The molecule has 0 spiro atoms. The first-order valence-corrected chi connectivity index (χ1v) is 8.10. The van der Waals surface area contributed by atoms with Crippen LogP contribution in [0.3, 0.4) is 0 Å². The van der Waals surface area contributed by atoms with Crippen LogP contribution >= 0.6 is 0 Å². The molecule has 0 saturated carbocycles. The van der Waals surface area contributed by atoms with Gasteiger partial charge in [0.15, 0.2) is 11.6 Å². The Morgan fingerprint density at radius 1 is 1.27 bits per heavy atom. The molecule has 1 saturated heterocycles. The van der Waals surface area contributed by atoms with Crippen molar-refractivity contribution < 1.29 is 22.0 Å². The van der Waals surface area contributed by atoms with E-state index in [1.54, 1.807) is 7.05 Å². The van der Waals surface area contributed by atoms with Crippen LogP contribution in [0.2, 0.25) is 0 Å². The van der Waals surface area contributed by atoms with Gasteiger partial charge in [-0.3, -0.25) is 4.79 Å². The van der Waals surface area contributed by atoms with Gasteiger partial charge in [-0.25, -0.2) is 21.9 Å². The van der Waals surface area contributed by atoms with Gasteiger partial charge in [0.2, 0.25) is 15.9 Å². The summed E-state index contributed by atoms with van der Waals surface area (Å²) < 4.78 is 53.0. The molecule has 1 aromatic carbocycles. The van der Waals surface area contributed by atoms with Gasteiger partial charge < -0.3 is 10.2 Å². The number of hydrogen-bond donors (Lipinski definition) is 2. The van der Waals surface area contributed by atoms with Gasteiger partial charge in [-0.05, 0) is 25.2 Å². The molecule has 1 fully saturated rings. The molecular formula is C13H17F2N3O3S. The Bertz CT molecular complexity index is 681. The smallest absolute Gasteiger partial charge is 0.240 e. The molecule has 1 aliphatic heterocycles. The molecule has 6 nitrogen and oxygen atoms in total. The number of likely N-dealkylation sites (N-methyl/N-ethyl adjacent to an activating group) is 1. The first-order valence-electron chi connectivity index (χ1n) is 6.62. The fraction of sp³-hybridized carbons (Fsp3) is 0.462. The summed E-state index contributed by atoms with van der Waals surface area (Å²) in [4.78, 5) is 13.2. The van der Waals surface area contributed by atoms with Crippen molar-refractivity contribution in [2.24, 2.45) is 5.92 Å². The van der Waals surface area contributed by atoms with Crippen molar-refractivity contribution >= 4 is 15.9 Å². The fourth-order valence-electron chi connectivity index (χ4n) is 2.48. The number of hydrogen-bond acceptors (Lipinski definition) is 4. The highest BCUT2D eigenvalue weighted by atomic mass is 32.2. The number of nitrogens with zero attached hydrogens (tertiary/aromatic N) is 1. The van der Waals surface area contributed by atoms with Crippen molar-refractivity contribution in [1.29, 1.82) is 0 Å². The zero-order valence-electron chi connectivity index (χ0n) is 12.1. The summed E-state index contributed by atoms with van der Waals surface area (Å²) in [6, 6.07) is 1.71. The maximum Gasteiger partial charge on any atom is 0.240 e. The Labute approximate surface area is 127 Å². The fourth-order valence-corrected chi connectivity index (χ4v) is 3.76. The van der Waals surface area contributed by atoms with Gasteiger partial charge in [0, 0.05) is 26.2 Å².